The van der Waals surface area contributed by atoms with E-state index in [0.717, 1.165) is 30.3 Å². The first-order chi connectivity index (χ1) is 7.72. The van der Waals surface area contributed by atoms with Crippen LogP contribution >= 0.6 is 0 Å². The summed E-state index contributed by atoms with van der Waals surface area (Å²) >= 11 is 0. The minimum atomic E-state index is -0.392. The molecule has 1 fully saturated rings. The number of aliphatic hydroxyl groups is 1. The second-order valence-electron chi connectivity index (χ2n) is 4.18. The highest BCUT2D eigenvalue weighted by molar-refractivity contribution is 5.48. The first kappa shape index (κ1) is 11.3. The average Bonchev–Trinajstić information content (AvgIpc) is 2.81. The Hall–Kier alpha value is -1.20. The van der Waals surface area contributed by atoms with E-state index in [1.165, 1.54) is 12.8 Å². The smallest absolute Gasteiger partial charge is 0.137 e. The van der Waals surface area contributed by atoms with Crippen LogP contribution in [0.5, 0.6) is 0 Å². The van der Waals surface area contributed by atoms with Crippen LogP contribution < -0.4 is 10.6 Å². The van der Waals surface area contributed by atoms with E-state index in [0.29, 0.717) is 0 Å². The third-order valence-corrected chi connectivity index (χ3v) is 2.92. The second kappa shape index (κ2) is 4.76. The summed E-state index contributed by atoms with van der Waals surface area (Å²) in [6.07, 6.45) is 4.12. The molecule has 1 saturated heterocycles. The lowest BCUT2D eigenvalue weighted by molar-refractivity contribution is 0.267. The standard InChI is InChI=1S/C11H18N4O/c1-8-13-6-9(10(12)7-16)11(14-8)15-4-2-3-5-15/h6,10,16H,2-5,7,12H2,1H3. The van der Waals surface area contributed by atoms with Crippen molar-refractivity contribution in [3.63, 3.8) is 0 Å². The first-order valence-electron chi connectivity index (χ1n) is 5.67. The number of anilines is 1. The van der Waals surface area contributed by atoms with Crippen molar-refractivity contribution in [1.82, 2.24) is 9.97 Å². The van der Waals surface area contributed by atoms with Gasteiger partial charge in [-0.2, -0.15) is 0 Å². The molecule has 0 spiro atoms. The first-order valence-corrected chi connectivity index (χ1v) is 5.67. The second-order valence-corrected chi connectivity index (χ2v) is 4.18. The fourth-order valence-corrected chi connectivity index (χ4v) is 2.01. The van der Waals surface area contributed by atoms with Gasteiger partial charge in [0.15, 0.2) is 0 Å². The number of hydrogen-bond donors (Lipinski definition) is 2. The molecule has 1 aliphatic heterocycles. The van der Waals surface area contributed by atoms with Crippen LogP contribution in [0, 0.1) is 6.92 Å². The topological polar surface area (TPSA) is 75.3 Å². The van der Waals surface area contributed by atoms with E-state index in [4.69, 9.17) is 10.8 Å². The normalized spacial score (nSPS) is 17.8. The quantitative estimate of drug-likeness (QED) is 0.773. The highest BCUT2D eigenvalue weighted by atomic mass is 16.3. The zero-order chi connectivity index (χ0) is 11.5. The Labute approximate surface area is 95.3 Å². The number of aromatic nitrogens is 2. The fraction of sp³-hybridized carbons (Fsp3) is 0.636. The van der Waals surface area contributed by atoms with E-state index in [9.17, 15) is 0 Å². The predicted octanol–water partition coefficient (Wildman–Crippen LogP) is 0.377. The zero-order valence-corrected chi connectivity index (χ0v) is 9.56. The Morgan fingerprint density at radius 3 is 2.81 bits per heavy atom. The van der Waals surface area contributed by atoms with Crippen LogP contribution in [0.25, 0.3) is 0 Å². The van der Waals surface area contributed by atoms with Crippen molar-refractivity contribution in [3.8, 4) is 0 Å². The van der Waals surface area contributed by atoms with Gasteiger partial charge in [-0.1, -0.05) is 0 Å². The molecule has 1 aromatic rings. The zero-order valence-electron chi connectivity index (χ0n) is 9.56. The van der Waals surface area contributed by atoms with Crippen molar-refractivity contribution in [3.05, 3.63) is 17.6 Å². The highest BCUT2D eigenvalue weighted by Crippen LogP contribution is 2.25. The van der Waals surface area contributed by atoms with Gasteiger partial charge in [0.25, 0.3) is 0 Å². The summed E-state index contributed by atoms with van der Waals surface area (Å²) in [5, 5.41) is 9.13. The summed E-state index contributed by atoms with van der Waals surface area (Å²) in [5.41, 5.74) is 6.70. The van der Waals surface area contributed by atoms with E-state index in [-0.39, 0.29) is 6.61 Å². The molecule has 0 aliphatic carbocycles. The van der Waals surface area contributed by atoms with Gasteiger partial charge in [-0.25, -0.2) is 9.97 Å². The number of nitrogens with two attached hydrogens (primary N) is 1. The maximum atomic E-state index is 9.13. The molecule has 88 valence electrons. The molecule has 1 aromatic heterocycles. The average molecular weight is 222 g/mol. The van der Waals surface area contributed by atoms with Crippen LogP contribution in [0.2, 0.25) is 0 Å². The highest BCUT2D eigenvalue weighted by Gasteiger charge is 2.20. The van der Waals surface area contributed by atoms with Gasteiger partial charge in [0.05, 0.1) is 12.6 Å². The molecule has 1 unspecified atom stereocenters. The van der Waals surface area contributed by atoms with E-state index in [1.54, 1.807) is 6.20 Å². The van der Waals surface area contributed by atoms with Gasteiger partial charge >= 0.3 is 0 Å². The Balaban J connectivity index is 2.35. The molecule has 16 heavy (non-hydrogen) atoms. The minimum Gasteiger partial charge on any atom is -0.394 e. The van der Waals surface area contributed by atoms with Crippen LogP contribution in [0.4, 0.5) is 5.82 Å². The van der Waals surface area contributed by atoms with Gasteiger partial charge in [0, 0.05) is 24.8 Å². The number of aliphatic hydroxyl groups excluding tert-OH is 1. The van der Waals surface area contributed by atoms with Crippen molar-refractivity contribution in [2.24, 2.45) is 5.73 Å². The Morgan fingerprint density at radius 2 is 2.19 bits per heavy atom. The molecule has 5 heteroatoms. The van der Waals surface area contributed by atoms with Gasteiger partial charge in [0.1, 0.15) is 11.6 Å². The van der Waals surface area contributed by atoms with Crippen LogP contribution in [0.1, 0.15) is 30.3 Å². The molecule has 0 saturated carbocycles. The summed E-state index contributed by atoms with van der Waals surface area (Å²) in [6.45, 7) is 3.82. The summed E-state index contributed by atoms with van der Waals surface area (Å²) in [7, 11) is 0. The molecule has 1 aliphatic rings. The maximum Gasteiger partial charge on any atom is 0.137 e. The van der Waals surface area contributed by atoms with Gasteiger partial charge in [-0.3, -0.25) is 0 Å². The van der Waals surface area contributed by atoms with Crippen LogP contribution in [-0.4, -0.2) is 34.8 Å². The Morgan fingerprint density at radius 1 is 1.50 bits per heavy atom. The SMILES string of the molecule is Cc1ncc(C(N)CO)c(N2CCCC2)n1. The Bertz CT molecular complexity index is 363. The molecule has 2 rings (SSSR count). The molecule has 0 bridgehead atoms. The monoisotopic (exact) mass is 222 g/mol. The van der Waals surface area contributed by atoms with E-state index in [2.05, 4.69) is 14.9 Å². The number of nitrogens with zero attached hydrogens (tertiary/aromatic N) is 3. The van der Waals surface area contributed by atoms with Crippen molar-refractivity contribution in [1.29, 1.82) is 0 Å². The molecule has 0 aromatic carbocycles. The summed E-state index contributed by atoms with van der Waals surface area (Å²) < 4.78 is 0. The third-order valence-electron chi connectivity index (χ3n) is 2.92. The summed E-state index contributed by atoms with van der Waals surface area (Å²) in [5.74, 6) is 1.64. The molecule has 0 radical (unpaired) electrons. The number of hydrogen-bond acceptors (Lipinski definition) is 5. The summed E-state index contributed by atoms with van der Waals surface area (Å²) in [4.78, 5) is 10.8. The minimum absolute atomic E-state index is 0.0761. The van der Waals surface area contributed by atoms with Crippen molar-refractivity contribution in [2.45, 2.75) is 25.8 Å². The lowest BCUT2D eigenvalue weighted by Crippen LogP contribution is -2.25. The maximum absolute atomic E-state index is 9.13. The summed E-state index contributed by atoms with van der Waals surface area (Å²) in [6, 6.07) is -0.392. The third kappa shape index (κ3) is 2.15. The predicted molar refractivity (Wildman–Crippen MR) is 62.2 cm³/mol. The lowest BCUT2D eigenvalue weighted by Gasteiger charge is -2.22. The van der Waals surface area contributed by atoms with E-state index in [1.807, 2.05) is 6.92 Å². The Kier molecular flexibility index (Phi) is 3.36. The molecule has 0 amide bonds. The number of rotatable bonds is 3. The molecule has 5 nitrogen and oxygen atoms in total. The largest absolute Gasteiger partial charge is 0.394 e. The van der Waals surface area contributed by atoms with Crippen LogP contribution in [0.3, 0.4) is 0 Å². The van der Waals surface area contributed by atoms with Crippen molar-refractivity contribution < 1.29 is 5.11 Å². The van der Waals surface area contributed by atoms with Gasteiger partial charge in [0.2, 0.25) is 0 Å². The molecule has 3 N–H and O–H groups in total. The fourth-order valence-electron chi connectivity index (χ4n) is 2.01. The molecular formula is C11H18N4O. The molecule has 2 heterocycles. The van der Waals surface area contributed by atoms with Gasteiger partial charge < -0.3 is 15.7 Å². The number of aryl methyl sites for hydroxylation is 1. The van der Waals surface area contributed by atoms with E-state index < -0.39 is 6.04 Å². The van der Waals surface area contributed by atoms with Gasteiger partial charge in [-0.05, 0) is 19.8 Å². The van der Waals surface area contributed by atoms with Crippen molar-refractivity contribution in [2.75, 3.05) is 24.6 Å². The molecular weight excluding hydrogens is 204 g/mol. The van der Waals surface area contributed by atoms with Crippen molar-refractivity contribution >= 4 is 5.82 Å². The lowest BCUT2D eigenvalue weighted by atomic mass is 10.1. The van der Waals surface area contributed by atoms with Crippen LogP contribution in [0.15, 0.2) is 6.20 Å². The molecule has 1 atom stereocenters. The van der Waals surface area contributed by atoms with Gasteiger partial charge in [-0.15, -0.1) is 0 Å². The van der Waals surface area contributed by atoms with Crippen LogP contribution in [-0.2, 0) is 0 Å². The van der Waals surface area contributed by atoms with E-state index >= 15 is 0 Å².